The standard InChI is InChI=1S/C14H9Cl2FO/c1-8(18)9-2-5-14(17)12(6-9)11-7-10(15)3-4-13(11)16/h2-7H,1H3. The van der Waals surface area contributed by atoms with Crippen molar-refractivity contribution in [2.24, 2.45) is 0 Å². The number of rotatable bonds is 2. The molecule has 2 aromatic carbocycles. The molecule has 0 amide bonds. The number of carbonyl (C=O) groups is 1. The van der Waals surface area contributed by atoms with Gasteiger partial charge in [0.25, 0.3) is 0 Å². The van der Waals surface area contributed by atoms with E-state index in [9.17, 15) is 9.18 Å². The maximum absolute atomic E-state index is 13.8. The molecule has 2 aromatic rings. The van der Waals surface area contributed by atoms with Crippen molar-refractivity contribution in [2.75, 3.05) is 0 Å². The Bertz CT molecular complexity index is 623. The van der Waals surface area contributed by atoms with E-state index in [0.717, 1.165) is 0 Å². The van der Waals surface area contributed by atoms with Crippen LogP contribution < -0.4 is 0 Å². The first kappa shape index (κ1) is 13.1. The van der Waals surface area contributed by atoms with E-state index in [1.165, 1.54) is 25.1 Å². The van der Waals surface area contributed by atoms with Gasteiger partial charge in [0.05, 0.1) is 0 Å². The topological polar surface area (TPSA) is 17.1 Å². The Hall–Kier alpha value is -1.38. The fourth-order valence-corrected chi connectivity index (χ4v) is 2.05. The number of carbonyl (C=O) groups excluding carboxylic acids is 1. The first-order chi connectivity index (χ1) is 8.49. The van der Waals surface area contributed by atoms with Gasteiger partial charge in [0.1, 0.15) is 5.82 Å². The molecule has 0 radical (unpaired) electrons. The van der Waals surface area contributed by atoms with Crippen LogP contribution in [0.3, 0.4) is 0 Å². The lowest BCUT2D eigenvalue weighted by Crippen LogP contribution is -1.95. The lowest BCUT2D eigenvalue weighted by molar-refractivity contribution is 0.101. The molecule has 0 unspecified atom stereocenters. The minimum atomic E-state index is -0.441. The predicted octanol–water partition coefficient (Wildman–Crippen LogP) is 5.00. The summed E-state index contributed by atoms with van der Waals surface area (Å²) in [6.45, 7) is 1.43. The van der Waals surface area contributed by atoms with Crippen molar-refractivity contribution in [1.82, 2.24) is 0 Å². The van der Waals surface area contributed by atoms with Crippen molar-refractivity contribution in [2.45, 2.75) is 6.92 Å². The van der Waals surface area contributed by atoms with E-state index >= 15 is 0 Å². The van der Waals surface area contributed by atoms with E-state index in [1.807, 2.05) is 0 Å². The molecule has 0 heterocycles. The van der Waals surface area contributed by atoms with Gasteiger partial charge in [-0.05, 0) is 43.3 Å². The summed E-state index contributed by atoms with van der Waals surface area (Å²) in [5.41, 5.74) is 1.18. The zero-order chi connectivity index (χ0) is 13.3. The largest absolute Gasteiger partial charge is 0.295 e. The number of benzene rings is 2. The molecular formula is C14H9Cl2FO. The summed E-state index contributed by atoms with van der Waals surface area (Å²) in [7, 11) is 0. The molecule has 1 nitrogen and oxygen atoms in total. The summed E-state index contributed by atoms with van der Waals surface area (Å²) in [6.07, 6.45) is 0. The fourth-order valence-electron chi connectivity index (χ4n) is 1.65. The van der Waals surface area contributed by atoms with E-state index in [0.29, 0.717) is 21.2 Å². The van der Waals surface area contributed by atoms with E-state index in [4.69, 9.17) is 23.2 Å². The normalized spacial score (nSPS) is 10.4. The highest BCUT2D eigenvalue weighted by Crippen LogP contribution is 2.32. The molecule has 0 aliphatic rings. The van der Waals surface area contributed by atoms with Gasteiger partial charge >= 0.3 is 0 Å². The van der Waals surface area contributed by atoms with Gasteiger partial charge in [-0.3, -0.25) is 4.79 Å². The Labute approximate surface area is 114 Å². The predicted molar refractivity (Wildman–Crippen MR) is 71.9 cm³/mol. The van der Waals surface area contributed by atoms with Gasteiger partial charge in [-0.25, -0.2) is 4.39 Å². The second-order valence-electron chi connectivity index (χ2n) is 3.87. The molecule has 2 rings (SSSR count). The van der Waals surface area contributed by atoms with Crippen molar-refractivity contribution in [1.29, 1.82) is 0 Å². The van der Waals surface area contributed by atoms with Crippen LogP contribution >= 0.6 is 23.2 Å². The maximum Gasteiger partial charge on any atom is 0.159 e. The molecule has 0 atom stereocenters. The van der Waals surface area contributed by atoms with Crippen LogP contribution in [0.2, 0.25) is 10.0 Å². The fraction of sp³-hybridized carbons (Fsp3) is 0.0714. The highest BCUT2D eigenvalue weighted by Gasteiger charge is 2.12. The zero-order valence-corrected chi connectivity index (χ0v) is 11.0. The molecule has 0 aromatic heterocycles. The minimum absolute atomic E-state index is 0.130. The molecule has 0 bridgehead atoms. The Morgan fingerprint density at radius 2 is 1.78 bits per heavy atom. The van der Waals surface area contributed by atoms with Gasteiger partial charge in [-0.15, -0.1) is 0 Å². The van der Waals surface area contributed by atoms with Crippen molar-refractivity contribution in [3.8, 4) is 11.1 Å². The summed E-state index contributed by atoms with van der Waals surface area (Å²) in [5.74, 6) is -0.571. The average Bonchev–Trinajstić information content (AvgIpc) is 2.33. The maximum atomic E-state index is 13.8. The van der Waals surface area contributed by atoms with Crippen LogP contribution in [0.4, 0.5) is 4.39 Å². The Morgan fingerprint density at radius 3 is 2.44 bits per heavy atom. The average molecular weight is 283 g/mol. The van der Waals surface area contributed by atoms with Gasteiger partial charge in [-0.1, -0.05) is 23.2 Å². The molecule has 0 saturated carbocycles. The van der Waals surface area contributed by atoms with Crippen LogP contribution in [0.25, 0.3) is 11.1 Å². The molecule has 0 spiro atoms. The van der Waals surface area contributed by atoms with E-state index in [1.54, 1.807) is 18.2 Å². The number of hydrogen-bond donors (Lipinski definition) is 0. The summed E-state index contributed by atoms with van der Waals surface area (Å²) in [6, 6.07) is 8.98. The lowest BCUT2D eigenvalue weighted by Gasteiger charge is -2.08. The number of Topliss-reactive ketones (excluding diaryl/α,β-unsaturated/α-hetero) is 1. The van der Waals surface area contributed by atoms with Gasteiger partial charge < -0.3 is 0 Å². The molecule has 0 fully saturated rings. The molecule has 0 saturated heterocycles. The van der Waals surface area contributed by atoms with Crippen LogP contribution in [-0.4, -0.2) is 5.78 Å². The third-order valence-electron chi connectivity index (χ3n) is 2.59. The molecule has 18 heavy (non-hydrogen) atoms. The van der Waals surface area contributed by atoms with Crippen LogP contribution in [0, 0.1) is 5.82 Å². The van der Waals surface area contributed by atoms with Crippen LogP contribution in [0.1, 0.15) is 17.3 Å². The van der Waals surface area contributed by atoms with E-state index < -0.39 is 5.82 Å². The molecule has 0 N–H and O–H groups in total. The Kier molecular flexibility index (Phi) is 3.69. The summed E-state index contributed by atoms with van der Waals surface area (Å²) < 4.78 is 13.8. The van der Waals surface area contributed by atoms with Gasteiger partial charge in [0.2, 0.25) is 0 Å². The van der Waals surface area contributed by atoms with Gasteiger partial charge in [0, 0.05) is 26.7 Å². The SMILES string of the molecule is CC(=O)c1ccc(F)c(-c2cc(Cl)ccc2Cl)c1. The first-order valence-electron chi connectivity index (χ1n) is 5.25. The Morgan fingerprint density at radius 1 is 1.06 bits per heavy atom. The minimum Gasteiger partial charge on any atom is -0.295 e. The van der Waals surface area contributed by atoms with Crippen LogP contribution in [0.15, 0.2) is 36.4 Å². The quantitative estimate of drug-likeness (QED) is 0.709. The lowest BCUT2D eigenvalue weighted by atomic mass is 10.0. The summed E-state index contributed by atoms with van der Waals surface area (Å²) in [5, 5.41) is 0.848. The molecular weight excluding hydrogens is 274 g/mol. The summed E-state index contributed by atoms with van der Waals surface area (Å²) in [4.78, 5) is 11.3. The second-order valence-corrected chi connectivity index (χ2v) is 4.72. The number of ketones is 1. The smallest absolute Gasteiger partial charge is 0.159 e. The third-order valence-corrected chi connectivity index (χ3v) is 3.16. The highest BCUT2D eigenvalue weighted by atomic mass is 35.5. The summed E-state index contributed by atoms with van der Waals surface area (Å²) >= 11 is 11.9. The molecule has 0 aliphatic heterocycles. The van der Waals surface area contributed by atoms with Crippen molar-refractivity contribution < 1.29 is 9.18 Å². The van der Waals surface area contributed by atoms with Crippen molar-refractivity contribution >= 4 is 29.0 Å². The van der Waals surface area contributed by atoms with Gasteiger partial charge in [-0.2, -0.15) is 0 Å². The monoisotopic (exact) mass is 282 g/mol. The molecule has 92 valence electrons. The van der Waals surface area contributed by atoms with Gasteiger partial charge in [0.15, 0.2) is 5.78 Å². The highest BCUT2D eigenvalue weighted by molar-refractivity contribution is 6.35. The van der Waals surface area contributed by atoms with E-state index in [-0.39, 0.29) is 11.3 Å². The second kappa shape index (κ2) is 5.09. The zero-order valence-electron chi connectivity index (χ0n) is 9.51. The van der Waals surface area contributed by atoms with Crippen molar-refractivity contribution in [3.05, 3.63) is 57.8 Å². The number of halogens is 3. The third kappa shape index (κ3) is 2.55. The molecule has 4 heteroatoms. The Balaban J connectivity index is 2.66. The van der Waals surface area contributed by atoms with Crippen LogP contribution in [-0.2, 0) is 0 Å². The van der Waals surface area contributed by atoms with Crippen molar-refractivity contribution in [3.63, 3.8) is 0 Å². The van der Waals surface area contributed by atoms with Crippen LogP contribution in [0.5, 0.6) is 0 Å². The first-order valence-corrected chi connectivity index (χ1v) is 6.00. The molecule has 0 aliphatic carbocycles. The van der Waals surface area contributed by atoms with E-state index in [2.05, 4.69) is 0 Å². The number of hydrogen-bond acceptors (Lipinski definition) is 1.